The van der Waals surface area contributed by atoms with E-state index in [1.54, 1.807) is 7.11 Å². The molecule has 66 valence electrons. The standard InChI is InChI=1S/C9H19NO/c1-5-9(8(2)3)6-7-10-11-4/h7-9H,5-6H2,1-4H3/b10-7-. The molecular formula is C9H19NO. The summed E-state index contributed by atoms with van der Waals surface area (Å²) in [4.78, 5) is 4.59. The summed E-state index contributed by atoms with van der Waals surface area (Å²) in [6.07, 6.45) is 4.10. The highest BCUT2D eigenvalue weighted by atomic mass is 16.6. The van der Waals surface area contributed by atoms with E-state index in [1.165, 1.54) is 6.42 Å². The van der Waals surface area contributed by atoms with E-state index in [2.05, 4.69) is 30.8 Å². The normalized spacial score (nSPS) is 14.3. The zero-order valence-corrected chi connectivity index (χ0v) is 8.00. The lowest BCUT2D eigenvalue weighted by molar-refractivity contribution is 0.213. The Morgan fingerprint density at radius 2 is 2.09 bits per heavy atom. The Hall–Kier alpha value is -0.530. The Morgan fingerprint density at radius 1 is 1.45 bits per heavy atom. The summed E-state index contributed by atoms with van der Waals surface area (Å²) in [6.45, 7) is 6.70. The van der Waals surface area contributed by atoms with Crippen molar-refractivity contribution in [2.24, 2.45) is 17.0 Å². The fraction of sp³-hybridized carbons (Fsp3) is 0.889. The third-order valence-electron chi connectivity index (χ3n) is 2.06. The van der Waals surface area contributed by atoms with Crippen LogP contribution in [0.5, 0.6) is 0 Å². The fourth-order valence-electron chi connectivity index (χ4n) is 1.16. The van der Waals surface area contributed by atoms with E-state index in [4.69, 9.17) is 0 Å². The van der Waals surface area contributed by atoms with Gasteiger partial charge < -0.3 is 4.84 Å². The van der Waals surface area contributed by atoms with Crippen LogP contribution in [-0.4, -0.2) is 13.3 Å². The van der Waals surface area contributed by atoms with Gasteiger partial charge in [-0.15, -0.1) is 0 Å². The Bertz CT molecular complexity index is 110. The summed E-state index contributed by atoms with van der Waals surface area (Å²) in [7, 11) is 1.58. The van der Waals surface area contributed by atoms with E-state index < -0.39 is 0 Å². The first kappa shape index (κ1) is 10.5. The topological polar surface area (TPSA) is 21.6 Å². The molecule has 2 nitrogen and oxygen atoms in total. The predicted octanol–water partition coefficient (Wildman–Crippen LogP) is 2.69. The van der Waals surface area contributed by atoms with E-state index in [9.17, 15) is 0 Å². The van der Waals surface area contributed by atoms with E-state index in [-0.39, 0.29) is 0 Å². The van der Waals surface area contributed by atoms with Crippen LogP contribution in [0.1, 0.15) is 33.6 Å². The van der Waals surface area contributed by atoms with Crippen LogP contribution in [0.4, 0.5) is 0 Å². The molecule has 0 saturated carbocycles. The molecular weight excluding hydrogens is 138 g/mol. The number of oxime groups is 1. The van der Waals surface area contributed by atoms with E-state index >= 15 is 0 Å². The first-order valence-electron chi connectivity index (χ1n) is 4.27. The van der Waals surface area contributed by atoms with Gasteiger partial charge >= 0.3 is 0 Å². The maximum Gasteiger partial charge on any atom is 0.106 e. The average Bonchev–Trinajstić information content (AvgIpc) is 1.97. The van der Waals surface area contributed by atoms with Crippen molar-refractivity contribution in [2.75, 3.05) is 7.11 Å². The van der Waals surface area contributed by atoms with Crippen molar-refractivity contribution in [3.63, 3.8) is 0 Å². The van der Waals surface area contributed by atoms with Crippen LogP contribution in [-0.2, 0) is 4.84 Å². The fourth-order valence-corrected chi connectivity index (χ4v) is 1.16. The van der Waals surface area contributed by atoms with Crippen molar-refractivity contribution in [2.45, 2.75) is 33.6 Å². The van der Waals surface area contributed by atoms with Gasteiger partial charge in [-0.25, -0.2) is 0 Å². The zero-order chi connectivity index (χ0) is 8.69. The highest BCUT2D eigenvalue weighted by molar-refractivity contribution is 5.56. The van der Waals surface area contributed by atoms with Crippen molar-refractivity contribution >= 4 is 6.21 Å². The minimum absolute atomic E-state index is 0.739. The van der Waals surface area contributed by atoms with Gasteiger partial charge in [-0.3, -0.25) is 0 Å². The monoisotopic (exact) mass is 157 g/mol. The summed E-state index contributed by atoms with van der Waals surface area (Å²) >= 11 is 0. The Kier molecular flexibility index (Phi) is 5.90. The van der Waals surface area contributed by atoms with Gasteiger partial charge in [-0.1, -0.05) is 32.3 Å². The van der Waals surface area contributed by atoms with Crippen molar-refractivity contribution in [1.29, 1.82) is 0 Å². The molecule has 0 fully saturated rings. The molecule has 0 aromatic carbocycles. The van der Waals surface area contributed by atoms with Crippen molar-refractivity contribution < 1.29 is 4.84 Å². The molecule has 0 bridgehead atoms. The maximum atomic E-state index is 4.59. The molecule has 0 aliphatic rings. The summed E-state index contributed by atoms with van der Waals surface area (Å²) in [5.74, 6) is 1.48. The van der Waals surface area contributed by atoms with Crippen LogP contribution in [0.2, 0.25) is 0 Å². The lowest BCUT2D eigenvalue weighted by atomic mass is 9.91. The molecule has 0 amide bonds. The van der Waals surface area contributed by atoms with Gasteiger partial charge in [0, 0.05) is 6.21 Å². The molecule has 0 rings (SSSR count). The molecule has 1 atom stereocenters. The molecule has 0 radical (unpaired) electrons. The Labute approximate surface area is 69.6 Å². The molecule has 0 N–H and O–H groups in total. The Balaban J connectivity index is 3.60. The molecule has 11 heavy (non-hydrogen) atoms. The Morgan fingerprint density at radius 3 is 2.45 bits per heavy atom. The second-order valence-corrected chi connectivity index (χ2v) is 3.12. The molecule has 0 spiro atoms. The summed E-state index contributed by atoms with van der Waals surface area (Å²) in [5, 5.41) is 3.72. The summed E-state index contributed by atoms with van der Waals surface area (Å²) in [6, 6.07) is 0. The van der Waals surface area contributed by atoms with E-state index in [0.717, 1.165) is 18.3 Å². The van der Waals surface area contributed by atoms with Gasteiger partial charge in [0.05, 0.1) is 0 Å². The lowest BCUT2D eigenvalue weighted by Crippen LogP contribution is -2.07. The summed E-state index contributed by atoms with van der Waals surface area (Å²) in [5.41, 5.74) is 0. The molecule has 0 aromatic rings. The van der Waals surface area contributed by atoms with Crippen LogP contribution in [0.3, 0.4) is 0 Å². The van der Waals surface area contributed by atoms with Gasteiger partial charge in [0.15, 0.2) is 0 Å². The zero-order valence-electron chi connectivity index (χ0n) is 8.00. The van der Waals surface area contributed by atoms with Gasteiger partial charge in [-0.2, -0.15) is 0 Å². The highest BCUT2D eigenvalue weighted by Gasteiger charge is 2.08. The maximum absolute atomic E-state index is 4.59. The van der Waals surface area contributed by atoms with Crippen molar-refractivity contribution in [3.05, 3.63) is 0 Å². The quantitative estimate of drug-likeness (QED) is 0.444. The largest absolute Gasteiger partial charge is 0.399 e. The van der Waals surface area contributed by atoms with Gasteiger partial charge in [0.25, 0.3) is 0 Å². The first-order chi connectivity index (χ1) is 5.22. The number of hydrogen-bond acceptors (Lipinski definition) is 2. The van der Waals surface area contributed by atoms with E-state index in [0.29, 0.717) is 0 Å². The predicted molar refractivity (Wildman–Crippen MR) is 48.7 cm³/mol. The first-order valence-corrected chi connectivity index (χ1v) is 4.27. The third kappa shape index (κ3) is 4.82. The SMILES string of the molecule is CCC(C/C=N\OC)C(C)C. The summed E-state index contributed by atoms with van der Waals surface area (Å²) < 4.78 is 0. The van der Waals surface area contributed by atoms with E-state index in [1.807, 2.05) is 6.21 Å². The van der Waals surface area contributed by atoms with Crippen molar-refractivity contribution in [1.82, 2.24) is 0 Å². The second kappa shape index (κ2) is 6.20. The van der Waals surface area contributed by atoms with Crippen molar-refractivity contribution in [3.8, 4) is 0 Å². The van der Waals surface area contributed by atoms with Gasteiger partial charge in [0.2, 0.25) is 0 Å². The minimum atomic E-state index is 0.739. The molecule has 1 unspecified atom stereocenters. The molecule has 0 heterocycles. The van der Waals surface area contributed by atoms with Crippen LogP contribution < -0.4 is 0 Å². The van der Waals surface area contributed by atoms with Gasteiger partial charge in [-0.05, 0) is 18.3 Å². The second-order valence-electron chi connectivity index (χ2n) is 3.12. The minimum Gasteiger partial charge on any atom is -0.399 e. The van der Waals surface area contributed by atoms with Gasteiger partial charge in [0.1, 0.15) is 7.11 Å². The smallest absolute Gasteiger partial charge is 0.106 e. The molecule has 0 aliphatic carbocycles. The van der Waals surface area contributed by atoms with Crippen LogP contribution in [0, 0.1) is 11.8 Å². The van der Waals surface area contributed by atoms with Crippen LogP contribution in [0.25, 0.3) is 0 Å². The van der Waals surface area contributed by atoms with Crippen LogP contribution in [0.15, 0.2) is 5.16 Å². The molecule has 0 aromatic heterocycles. The highest BCUT2D eigenvalue weighted by Crippen LogP contribution is 2.17. The van der Waals surface area contributed by atoms with Crippen LogP contribution >= 0.6 is 0 Å². The number of nitrogens with zero attached hydrogens (tertiary/aromatic N) is 1. The number of hydrogen-bond donors (Lipinski definition) is 0. The average molecular weight is 157 g/mol. The molecule has 2 heteroatoms. The molecule has 0 aliphatic heterocycles. The lowest BCUT2D eigenvalue weighted by Gasteiger charge is -2.15. The molecule has 0 saturated heterocycles. The third-order valence-corrected chi connectivity index (χ3v) is 2.06. The number of rotatable bonds is 5.